The standard InChI is InChI=1S/C19H34O3.C10H11ClN4/c1-15(2)22-18(20)14-17(4)11-8-10-16(3)12-9-13-19(5,6)21-7;1-8(14-7-12)15(2)6-9-3-4-10(11)13-5-9/h8,11,14-16H,9-10,12-13H2,1-7H3;3-5H,6H2,1-2H3/b11-8+,17-14+;14-8+. The minimum absolute atomic E-state index is 0.0222. The van der Waals surface area contributed by atoms with E-state index in [1.807, 2.05) is 44.9 Å². The predicted octanol–water partition coefficient (Wildman–Crippen LogP) is 7.13. The Hall–Kier alpha value is -2.69. The Morgan fingerprint density at radius 2 is 1.97 bits per heavy atom. The summed E-state index contributed by atoms with van der Waals surface area (Å²) in [4.78, 5) is 21.0. The van der Waals surface area contributed by atoms with Crippen LogP contribution in [0.3, 0.4) is 0 Å². The lowest BCUT2D eigenvalue weighted by Gasteiger charge is -2.23. The number of ether oxygens (including phenoxy) is 2. The largest absolute Gasteiger partial charge is 0.460 e. The monoisotopic (exact) mass is 532 g/mol. The maximum absolute atomic E-state index is 11.5. The lowest BCUT2D eigenvalue weighted by molar-refractivity contribution is -0.141. The fraction of sp³-hybridized carbons (Fsp3) is 0.586. The normalized spacial score (nSPS) is 13.1. The number of aliphatic imine (C=N–C) groups is 1. The van der Waals surface area contributed by atoms with Crippen LogP contribution in [0, 0.1) is 17.4 Å². The van der Waals surface area contributed by atoms with Gasteiger partial charge < -0.3 is 14.4 Å². The Labute approximate surface area is 229 Å². The molecule has 1 heterocycles. The number of nitriles is 1. The maximum atomic E-state index is 11.5. The van der Waals surface area contributed by atoms with Gasteiger partial charge in [0.25, 0.3) is 0 Å². The van der Waals surface area contributed by atoms with E-state index < -0.39 is 0 Å². The van der Waals surface area contributed by atoms with Crippen LogP contribution in [0.15, 0.2) is 47.1 Å². The summed E-state index contributed by atoms with van der Waals surface area (Å²) in [6, 6.07) is 3.63. The summed E-state index contributed by atoms with van der Waals surface area (Å²) in [6.45, 7) is 14.6. The first-order valence-corrected chi connectivity index (χ1v) is 13.0. The molecule has 0 aromatic carbocycles. The van der Waals surface area contributed by atoms with Gasteiger partial charge in [-0.3, -0.25) is 0 Å². The van der Waals surface area contributed by atoms with E-state index in [9.17, 15) is 4.79 Å². The Bertz CT molecular complexity index is 931. The van der Waals surface area contributed by atoms with Crippen LogP contribution in [0.25, 0.3) is 0 Å². The molecular formula is C29H45ClN4O3. The lowest BCUT2D eigenvalue weighted by atomic mass is 9.95. The number of nitrogens with zero attached hydrogens (tertiary/aromatic N) is 4. The molecule has 0 fully saturated rings. The van der Waals surface area contributed by atoms with Gasteiger partial charge in [0.15, 0.2) is 0 Å². The number of hydrogen-bond acceptors (Lipinski definition) is 6. The molecule has 0 aliphatic carbocycles. The molecule has 1 rings (SSSR count). The van der Waals surface area contributed by atoms with E-state index in [-0.39, 0.29) is 17.7 Å². The molecule has 0 saturated heterocycles. The molecule has 37 heavy (non-hydrogen) atoms. The number of methoxy groups -OCH3 is 1. The molecule has 206 valence electrons. The van der Waals surface area contributed by atoms with Crippen molar-refractivity contribution in [3.05, 3.63) is 52.8 Å². The maximum Gasteiger partial charge on any atom is 0.331 e. The van der Waals surface area contributed by atoms with Crippen LogP contribution >= 0.6 is 11.6 Å². The second-order valence-corrected chi connectivity index (χ2v) is 10.5. The topological polar surface area (TPSA) is 87.8 Å². The highest BCUT2D eigenvalue weighted by atomic mass is 35.5. The molecule has 1 aromatic rings. The van der Waals surface area contributed by atoms with Crippen molar-refractivity contribution >= 4 is 23.4 Å². The fourth-order valence-electron chi connectivity index (χ4n) is 3.13. The number of aromatic nitrogens is 1. The number of hydrogen-bond donors (Lipinski definition) is 0. The van der Waals surface area contributed by atoms with Crippen LogP contribution in [-0.4, -0.2) is 47.6 Å². The van der Waals surface area contributed by atoms with Crippen LogP contribution in [-0.2, 0) is 20.8 Å². The van der Waals surface area contributed by atoms with E-state index in [4.69, 9.17) is 26.3 Å². The minimum atomic E-state index is -0.271. The third-order valence-electron chi connectivity index (χ3n) is 5.62. The summed E-state index contributed by atoms with van der Waals surface area (Å²) in [6.07, 6.45) is 13.5. The number of allylic oxidation sites excluding steroid dienone is 3. The van der Waals surface area contributed by atoms with E-state index in [1.165, 1.54) is 12.8 Å². The Balaban J connectivity index is 0.000000749. The minimum Gasteiger partial charge on any atom is -0.460 e. The molecule has 1 atom stereocenters. The highest BCUT2D eigenvalue weighted by Gasteiger charge is 2.15. The molecule has 7 nitrogen and oxygen atoms in total. The second kappa shape index (κ2) is 18.5. The zero-order valence-electron chi connectivity index (χ0n) is 24.0. The number of pyridine rings is 1. The SMILES string of the molecule is C/C(=N\C#N)N(C)Cc1ccc(Cl)nc1.COC(C)(C)CCCC(C)C/C=C/C(C)=C/C(=O)OC(C)C. The fourth-order valence-corrected chi connectivity index (χ4v) is 3.24. The van der Waals surface area contributed by atoms with Gasteiger partial charge in [0.2, 0.25) is 6.19 Å². The molecule has 8 heteroatoms. The Morgan fingerprint density at radius 3 is 2.51 bits per heavy atom. The van der Waals surface area contributed by atoms with Crippen molar-refractivity contribution in [2.24, 2.45) is 10.9 Å². The molecule has 0 spiro atoms. The highest BCUT2D eigenvalue weighted by molar-refractivity contribution is 6.29. The first-order chi connectivity index (χ1) is 17.3. The average Bonchev–Trinajstić information content (AvgIpc) is 2.80. The molecule has 1 aromatic heterocycles. The quantitative estimate of drug-likeness (QED) is 0.0541. The average molecular weight is 533 g/mol. The van der Waals surface area contributed by atoms with Crippen molar-refractivity contribution in [1.82, 2.24) is 9.88 Å². The van der Waals surface area contributed by atoms with Gasteiger partial charge in [0, 0.05) is 33.0 Å². The van der Waals surface area contributed by atoms with E-state index in [1.54, 1.807) is 38.6 Å². The smallest absolute Gasteiger partial charge is 0.331 e. The summed E-state index contributed by atoms with van der Waals surface area (Å²) in [5.41, 5.74) is 1.93. The van der Waals surface area contributed by atoms with E-state index in [0.717, 1.165) is 24.0 Å². The van der Waals surface area contributed by atoms with E-state index >= 15 is 0 Å². The molecule has 0 amide bonds. The number of carbonyl (C=O) groups excluding carboxylic acids is 1. The number of halogens is 1. The molecule has 1 unspecified atom stereocenters. The van der Waals surface area contributed by atoms with Crippen LogP contribution in [0.1, 0.15) is 79.7 Å². The summed E-state index contributed by atoms with van der Waals surface area (Å²) in [7, 11) is 3.64. The van der Waals surface area contributed by atoms with Crippen molar-refractivity contribution in [2.75, 3.05) is 14.2 Å². The number of carbonyl (C=O) groups is 1. The van der Waals surface area contributed by atoms with Crippen LogP contribution < -0.4 is 0 Å². The number of amidine groups is 1. The van der Waals surface area contributed by atoms with Gasteiger partial charge >= 0.3 is 5.97 Å². The summed E-state index contributed by atoms with van der Waals surface area (Å²) >= 11 is 5.67. The zero-order chi connectivity index (χ0) is 28.4. The van der Waals surface area contributed by atoms with Gasteiger partial charge in [0.1, 0.15) is 11.0 Å². The molecule has 0 radical (unpaired) electrons. The van der Waals surface area contributed by atoms with Crippen molar-refractivity contribution in [3.63, 3.8) is 0 Å². The van der Waals surface area contributed by atoms with E-state index in [2.05, 4.69) is 36.8 Å². The summed E-state index contributed by atoms with van der Waals surface area (Å²) in [5, 5.41) is 8.87. The zero-order valence-corrected chi connectivity index (χ0v) is 24.8. The highest BCUT2D eigenvalue weighted by Crippen LogP contribution is 2.20. The lowest BCUT2D eigenvalue weighted by Crippen LogP contribution is -2.23. The van der Waals surface area contributed by atoms with Gasteiger partial charge in [-0.1, -0.05) is 49.6 Å². The molecule has 0 N–H and O–H groups in total. The van der Waals surface area contributed by atoms with Crippen LogP contribution in [0.5, 0.6) is 0 Å². The number of esters is 1. The Morgan fingerprint density at radius 1 is 1.30 bits per heavy atom. The van der Waals surface area contributed by atoms with Gasteiger partial charge in [-0.2, -0.15) is 10.3 Å². The summed E-state index contributed by atoms with van der Waals surface area (Å²) in [5.74, 6) is 1.04. The third kappa shape index (κ3) is 18.2. The summed E-state index contributed by atoms with van der Waals surface area (Å²) < 4.78 is 10.5. The second-order valence-electron chi connectivity index (χ2n) is 10.1. The van der Waals surface area contributed by atoms with Crippen LogP contribution in [0.4, 0.5) is 0 Å². The van der Waals surface area contributed by atoms with Crippen LogP contribution in [0.2, 0.25) is 5.15 Å². The Kier molecular flexibility index (Phi) is 17.2. The molecular weight excluding hydrogens is 488 g/mol. The molecule has 0 saturated carbocycles. The molecule has 0 aliphatic heterocycles. The van der Waals surface area contributed by atoms with Gasteiger partial charge in [0.05, 0.1) is 11.7 Å². The third-order valence-corrected chi connectivity index (χ3v) is 5.84. The van der Waals surface area contributed by atoms with Gasteiger partial charge in [-0.25, -0.2) is 9.78 Å². The van der Waals surface area contributed by atoms with E-state index in [0.29, 0.717) is 23.5 Å². The number of rotatable bonds is 12. The first-order valence-electron chi connectivity index (χ1n) is 12.6. The van der Waals surface area contributed by atoms with Crippen molar-refractivity contribution in [2.45, 2.75) is 92.4 Å². The van der Waals surface area contributed by atoms with Gasteiger partial charge in [-0.05, 0) is 77.5 Å². The first kappa shape index (κ1) is 34.3. The van der Waals surface area contributed by atoms with Crippen molar-refractivity contribution in [3.8, 4) is 6.19 Å². The predicted molar refractivity (Wildman–Crippen MR) is 152 cm³/mol. The molecule has 0 aliphatic rings. The molecule has 0 bridgehead atoms. The van der Waals surface area contributed by atoms with Crippen molar-refractivity contribution < 1.29 is 14.3 Å². The van der Waals surface area contributed by atoms with Gasteiger partial charge in [-0.15, -0.1) is 0 Å². The van der Waals surface area contributed by atoms with Crippen molar-refractivity contribution in [1.29, 1.82) is 5.26 Å².